The largest absolute Gasteiger partial charge is 0.496 e. The van der Waals surface area contributed by atoms with E-state index in [1.807, 2.05) is 12.1 Å². The standard InChI is InChI=1S/C14H14BrN3O3/c1-20-13-3-2-9(4-12(13)14(16)18-19)8-21-11-5-10(15)6-17-7-11/h2-7,19H,8H2,1H3,(H2,16,18). The molecule has 1 heterocycles. The lowest BCUT2D eigenvalue weighted by atomic mass is 10.1. The molecule has 0 aliphatic heterocycles. The van der Waals surface area contributed by atoms with E-state index in [9.17, 15) is 0 Å². The minimum Gasteiger partial charge on any atom is -0.496 e. The van der Waals surface area contributed by atoms with Gasteiger partial charge in [-0.1, -0.05) is 11.2 Å². The van der Waals surface area contributed by atoms with E-state index in [0.29, 0.717) is 23.7 Å². The number of amidine groups is 1. The lowest BCUT2D eigenvalue weighted by molar-refractivity contribution is 0.304. The van der Waals surface area contributed by atoms with E-state index in [1.165, 1.54) is 7.11 Å². The van der Waals surface area contributed by atoms with Crippen molar-refractivity contribution in [2.45, 2.75) is 6.61 Å². The minimum atomic E-state index is -0.0159. The third kappa shape index (κ3) is 3.85. The zero-order chi connectivity index (χ0) is 15.2. The number of halogens is 1. The number of ether oxygens (including phenoxy) is 2. The summed E-state index contributed by atoms with van der Waals surface area (Å²) in [7, 11) is 1.52. The molecule has 1 aromatic carbocycles. The Labute approximate surface area is 130 Å². The van der Waals surface area contributed by atoms with Crippen LogP contribution in [-0.2, 0) is 6.61 Å². The summed E-state index contributed by atoms with van der Waals surface area (Å²) in [5.74, 6) is 1.15. The first kappa shape index (κ1) is 15.1. The van der Waals surface area contributed by atoms with Gasteiger partial charge in [-0.25, -0.2) is 0 Å². The summed E-state index contributed by atoms with van der Waals surface area (Å²) in [5, 5.41) is 11.8. The van der Waals surface area contributed by atoms with E-state index in [2.05, 4.69) is 26.1 Å². The Bertz CT molecular complexity index is 662. The highest BCUT2D eigenvalue weighted by molar-refractivity contribution is 9.10. The van der Waals surface area contributed by atoms with Crippen LogP contribution in [0.4, 0.5) is 0 Å². The number of rotatable bonds is 5. The second-order valence-electron chi connectivity index (χ2n) is 4.15. The fourth-order valence-corrected chi connectivity index (χ4v) is 2.08. The van der Waals surface area contributed by atoms with Crippen LogP contribution in [0.25, 0.3) is 0 Å². The van der Waals surface area contributed by atoms with Crippen LogP contribution < -0.4 is 15.2 Å². The van der Waals surface area contributed by atoms with Crippen LogP contribution in [0.15, 0.2) is 46.3 Å². The molecule has 0 unspecified atom stereocenters. The molecule has 21 heavy (non-hydrogen) atoms. The molecule has 0 radical (unpaired) electrons. The summed E-state index contributed by atoms with van der Waals surface area (Å²) in [5.41, 5.74) is 7.00. The van der Waals surface area contributed by atoms with Crippen LogP contribution in [0.5, 0.6) is 11.5 Å². The van der Waals surface area contributed by atoms with Gasteiger partial charge in [-0.3, -0.25) is 4.98 Å². The Balaban J connectivity index is 2.17. The van der Waals surface area contributed by atoms with E-state index in [1.54, 1.807) is 24.5 Å². The smallest absolute Gasteiger partial charge is 0.173 e. The molecule has 3 N–H and O–H groups in total. The molecular formula is C14H14BrN3O3. The van der Waals surface area contributed by atoms with Gasteiger partial charge in [0.1, 0.15) is 18.1 Å². The Morgan fingerprint density at radius 2 is 2.19 bits per heavy atom. The van der Waals surface area contributed by atoms with Gasteiger partial charge in [-0.2, -0.15) is 0 Å². The molecule has 7 heteroatoms. The molecule has 0 saturated heterocycles. The molecule has 2 aromatic rings. The third-order valence-corrected chi connectivity index (χ3v) is 3.17. The predicted octanol–water partition coefficient (Wildman–Crippen LogP) is 2.53. The SMILES string of the molecule is COc1ccc(COc2cncc(Br)c2)cc1C(N)=NO. The van der Waals surface area contributed by atoms with E-state index in [4.69, 9.17) is 20.4 Å². The number of nitrogens with zero attached hydrogens (tertiary/aromatic N) is 2. The minimum absolute atomic E-state index is 0.0159. The van der Waals surface area contributed by atoms with Crippen molar-refractivity contribution >= 4 is 21.8 Å². The van der Waals surface area contributed by atoms with Crippen LogP contribution in [0.1, 0.15) is 11.1 Å². The van der Waals surface area contributed by atoms with Crippen molar-refractivity contribution in [2.24, 2.45) is 10.9 Å². The predicted molar refractivity (Wildman–Crippen MR) is 81.8 cm³/mol. The molecular weight excluding hydrogens is 338 g/mol. The number of methoxy groups -OCH3 is 1. The maximum atomic E-state index is 8.80. The van der Waals surface area contributed by atoms with Gasteiger partial charge < -0.3 is 20.4 Å². The molecule has 0 aliphatic rings. The molecule has 0 spiro atoms. The molecule has 0 saturated carbocycles. The maximum absolute atomic E-state index is 8.80. The first-order chi connectivity index (χ1) is 10.1. The first-order valence-corrected chi connectivity index (χ1v) is 6.81. The van der Waals surface area contributed by atoms with E-state index < -0.39 is 0 Å². The molecule has 0 fully saturated rings. The fourth-order valence-electron chi connectivity index (χ4n) is 1.74. The average molecular weight is 352 g/mol. The van der Waals surface area contributed by atoms with Crippen LogP contribution in [0.2, 0.25) is 0 Å². The molecule has 1 aromatic heterocycles. The average Bonchev–Trinajstić information content (AvgIpc) is 2.52. The van der Waals surface area contributed by atoms with Gasteiger partial charge in [0.05, 0.1) is 18.9 Å². The molecule has 2 rings (SSSR count). The topological polar surface area (TPSA) is 90.0 Å². The van der Waals surface area contributed by atoms with Crippen molar-refractivity contribution in [1.82, 2.24) is 4.98 Å². The van der Waals surface area contributed by atoms with Crippen molar-refractivity contribution in [3.63, 3.8) is 0 Å². The number of hydrogen-bond donors (Lipinski definition) is 2. The third-order valence-electron chi connectivity index (χ3n) is 2.73. The van der Waals surface area contributed by atoms with Crippen LogP contribution in [0.3, 0.4) is 0 Å². The van der Waals surface area contributed by atoms with Gasteiger partial charge in [0.25, 0.3) is 0 Å². The molecule has 0 atom stereocenters. The van der Waals surface area contributed by atoms with E-state index >= 15 is 0 Å². The highest BCUT2D eigenvalue weighted by atomic mass is 79.9. The lowest BCUT2D eigenvalue weighted by Gasteiger charge is -2.10. The van der Waals surface area contributed by atoms with Crippen LogP contribution >= 0.6 is 15.9 Å². The van der Waals surface area contributed by atoms with E-state index in [0.717, 1.165) is 10.0 Å². The number of benzene rings is 1. The molecule has 6 nitrogen and oxygen atoms in total. The second kappa shape index (κ2) is 6.94. The number of nitrogens with two attached hydrogens (primary N) is 1. The number of oxime groups is 1. The van der Waals surface area contributed by atoms with Gasteiger partial charge in [0.2, 0.25) is 0 Å². The van der Waals surface area contributed by atoms with Gasteiger partial charge >= 0.3 is 0 Å². The number of hydrogen-bond acceptors (Lipinski definition) is 5. The van der Waals surface area contributed by atoms with Gasteiger partial charge in [-0.05, 0) is 39.7 Å². The summed E-state index contributed by atoms with van der Waals surface area (Å²) in [6, 6.07) is 7.16. The quantitative estimate of drug-likeness (QED) is 0.374. The van der Waals surface area contributed by atoms with Crippen LogP contribution in [-0.4, -0.2) is 23.1 Å². The highest BCUT2D eigenvalue weighted by Gasteiger charge is 2.09. The monoisotopic (exact) mass is 351 g/mol. The Hall–Kier alpha value is -2.28. The van der Waals surface area contributed by atoms with Crippen molar-refractivity contribution in [3.8, 4) is 11.5 Å². The summed E-state index contributed by atoms with van der Waals surface area (Å²) in [6.45, 7) is 0.327. The van der Waals surface area contributed by atoms with Crippen molar-refractivity contribution in [1.29, 1.82) is 0 Å². The molecule has 0 aliphatic carbocycles. The van der Waals surface area contributed by atoms with Gasteiger partial charge in [0, 0.05) is 10.7 Å². The summed E-state index contributed by atoms with van der Waals surface area (Å²) in [4.78, 5) is 4.02. The summed E-state index contributed by atoms with van der Waals surface area (Å²) >= 11 is 3.33. The summed E-state index contributed by atoms with van der Waals surface area (Å²) in [6.07, 6.45) is 3.30. The molecule has 110 valence electrons. The Morgan fingerprint density at radius 3 is 2.86 bits per heavy atom. The lowest BCUT2D eigenvalue weighted by Crippen LogP contribution is -2.15. The number of pyridine rings is 1. The number of aromatic nitrogens is 1. The summed E-state index contributed by atoms with van der Waals surface area (Å²) < 4.78 is 11.7. The normalized spacial score (nSPS) is 11.2. The van der Waals surface area contributed by atoms with Crippen molar-refractivity contribution in [2.75, 3.05) is 7.11 Å². The van der Waals surface area contributed by atoms with Crippen LogP contribution in [0, 0.1) is 0 Å². The zero-order valence-electron chi connectivity index (χ0n) is 11.3. The van der Waals surface area contributed by atoms with E-state index in [-0.39, 0.29) is 5.84 Å². The van der Waals surface area contributed by atoms with Gasteiger partial charge in [-0.15, -0.1) is 0 Å². The zero-order valence-corrected chi connectivity index (χ0v) is 12.9. The van der Waals surface area contributed by atoms with Crippen molar-refractivity contribution in [3.05, 3.63) is 52.3 Å². The molecule has 0 amide bonds. The maximum Gasteiger partial charge on any atom is 0.173 e. The first-order valence-electron chi connectivity index (χ1n) is 6.02. The molecule has 0 bridgehead atoms. The van der Waals surface area contributed by atoms with Gasteiger partial charge in [0.15, 0.2) is 5.84 Å². The fraction of sp³-hybridized carbons (Fsp3) is 0.143. The second-order valence-corrected chi connectivity index (χ2v) is 5.06. The Morgan fingerprint density at radius 1 is 1.38 bits per heavy atom. The Kier molecular flexibility index (Phi) is 4.99. The highest BCUT2D eigenvalue weighted by Crippen LogP contribution is 2.21. The van der Waals surface area contributed by atoms with Crippen molar-refractivity contribution < 1.29 is 14.7 Å².